The molecule has 1 aliphatic rings. The molecule has 0 aliphatic carbocycles. The Hall–Kier alpha value is -0.770. The summed E-state index contributed by atoms with van der Waals surface area (Å²) >= 11 is 1.60. The van der Waals surface area contributed by atoms with Crippen LogP contribution in [0.1, 0.15) is 18.5 Å². The summed E-state index contributed by atoms with van der Waals surface area (Å²) in [4.78, 5) is 6.73. The second-order valence-electron chi connectivity index (χ2n) is 3.14. The summed E-state index contributed by atoms with van der Waals surface area (Å²) in [5.41, 5.74) is 6.71. The lowest BCUT2D eigenvalue weighted by molar-refractivity contribution is 0.949. The topological polar surface area (TPSA) is 42.2 Å². The van der Waals surface area contributed by atoms with Crippen molar-refractivity contribution in [1.29, 1.82) is 0 Å². The summed E-state index contributed by atoms with van der Waals surface area (Å²) in [6, 6.07) is 0. The van der Waals surface area contributed by atoms with E-state index in [1.165, 1.54) is 12.8 Å². The molecular formula is C8H13N3S. The lowest BCUT2D eigenvalue weighted by Gasteiger charge is -2.11. The third-order valence-corrected chi connectivity index (χ3v) is 3.25. The van der Waals surface area contributed by atoms with Crippen LogP contribution in [-0.4, -0.2) is 18.1 Å². The Morgan fingerprint density at radius 1 is 1.42 bits per heavy atom. The van der Waals surface area contributed by atoms with Crippen molar-refractivity contribution in [2.75, 3.05) is 23.7 Å². The number of thiazole rings is 1. The van der Waals surface area contributed by atoms with Gasteiger partial charge in [-0.25, -0.2) is 4.98 Å². The van der Waals surface area contributed by atoms with Gasteiger partial charge in [0.25, 0.3) is 0 Å². The Labute approximate surface area is 76.2 Å². The fourth-order valence-electron chi connectivity index (χ4n) is 1.44. The monoisotopic (exact) mass is 183 g/mol. The summed E-state index contributed by atoms with van der Waals surface area (Å²) in [6.07, 6.45) is 2.58. The van der Waals surface area contributed by atoms with Crippen molar-refractivity contribution in [3.8, 4) is 0 Å². The van der Waals surface area contributed by atoms with E-state index in [1.54, 1.807) is 11.3 Å². The van der Waals surface area contributed by atoms with Gasteiger partial charge in [0, 0.05) is 13.1 Å². The van der Waals surface area contributed by atoms with E-state index in [0.717, 1.165) is 28.9 Å². The smallest absolute Gasteiger partial charge is 0.187 e. The average Bonchev–Trinajstić information content (AvgIpc) is 2.61. The number of hydrogen-bond acceptors (Lipinski definition) is 4. The van der Waals surface area contributed by atoms with E-state index in [9.17, 15) is 0 Å². The van der Waals surface area contributed by atoms with E-state index in [2.05, 4.69) is 9.88 Å². The lowest BCUT2D eigenvalue weighted by atomic mass is 10.4. The Balaban J connectivity index is 2.21. The van der Waals surface area contributed by atoms with Crippen molar-refractivity contribution >= 4 is 21.5 Å². The molecule has 0 amide bonds. The minimum absolute atomic E-state index is 0.858. The second kappa shape index (κ2) is 2.94. The number of hydrogen-bond donors (Lipinski definition) is 1. The first-order valence-electron chi connectivity index (χ1n) is 4.25. The molecule has 3 nitrogen and oxygen atoms in total. The molecule has 1 fully saturated rings. The molecule has 0 saturated carbocycles. The van der Waals surface area contributed by atoms with Gasteiger partial charge in [0.2, 0.25) is 0 Å². The summed E-state index contributed by atoms with van der Waals surface area (Å²) < 4.78 is 0. The predicted molar refractivity (Wildman–Crippen MR) is 52.7 cm³/mol. The maximum Gasteiger partial charge on any atom is 0.187 e. The molecule has 2 N–H and O–H groups in total. The molecule has 0 unspecified atom stereocenters. The van der Waals surface area contributed by atoms with Crippen LogP contribution < -0.4 is 10.6 Å². The van der Waals surface area contributed by atoms with Crippen LogP contribution in [0.5, 0.6) is 0 Å². The fraction of sp³-hybridized carbons (Fsp3) is 0.625. The highest BCUT2D eigenvalue weighted by Crippen LogP contribution is 2.29. The van der Waals surface area contributed by atoms with E-state index in [0.29, 0.717) is 0 Å². The number of anilines is 2. The molecule has 0 bridgehead atoms. The van der Waals surface area contributed by atoms with Crippen molar-refractivity contribution in [1.82, 2.24) is 4.98 Å². The molecule has 66 valence electrons. The van der Waals surface area contributed by atoms with Crippen molar-refractivity contribution in [2.45, 2.75) is 19.8 Å². The normalized spacial score (nSPS) is 17.2. The molecule has 2 heterocycles. The van der Waals surface area contributed by atoms with Gasteiger partial charge >= 0.3 is 0 Å². The highest BCUT2D eigenvalue weighted by atomic mass is 32.1. The minimum atomic E-state index is 0.858. The third kappa shape index (κ3) is 1.27. The molecule has 12 heavy (non-hydrogen) atoms. The van der Waals surface area contributed by atoms with E-state index >= 15 is 0 Å². The van der Waals surface area contributed by atoms with Crippen LogP contribution in [0.25, 0.3) is 0 Å². The van der Waals surface area contributed by atoms with Gasteiger partial charge in [-0.15, -0.1) is 0 Å². The first-order chi connectivity index (χ1) is 5.77. The predicted octanol–water partition coefficient (Wildman–Crippen LogP) is 1.63. The van der Waals surface area contributed by atoms with Crippen LogP contribution in [0, 0.1) is 6.92 Å². The van der Waals surface area contributed by atoms with Crippen LogP contribution in [0.15, 0.2) is 0 Å². The maximum absolute atomic E-state index is 5.74. The summed E-state index contributed by atoms with van der Waals surface area (Å²) in [6.45, 7) is 4.25. The molecule has 1 aromatic rings. The van der Waals surface area contributed by atoms with Crippen molar-refractivity contribution in [3.05, 3.63) is 5.69 Å². The van der Waals surface area contributed by atoms with Gasteiger partial charge < -0.3 is 10.6 Å². The number of nitrogen functional groups attached to an aromatic ring is 1. The standard InChI is InChI=1S/C8H13N3S/c1-6-7(9)12-8(10-6)11-4-2-3-5-11/h2-5,9H2,1H3. The summed E-state index contributed by atoms with van der Waals surface area (Å²) in [7, 11) is 0. The van der Waals surface area contributed by atoms with Gasteiger partial charge in [0.05, 0.1) is 5.69 Å². The number of aryl methyl sites for hydroxylation is 1. The molecule has 2 rings (SSSR count). The van der Waals surface area contributed by atoms with Gasteiger partial charge in [-0.05, 0) is 19.8 Å². The van der Waals surface area contributed by atoms with Gasteiger partial charge in [-0.3, -0.25) is 0 Å². The van der Waals surface area contributed by atoms with E-state index in [-0.39, 0.29) is 0 Å². The first kappa shape index (κ1) is 7.86. The Bertz CT molecular complexity index is 256. The average molecular weight is 183 g/mol. The van der Waals surface area contributed by atoms with Crippen LogP contribution in [-0.2, 0) is 0 Å². The molecule has 1 aromatic heterocycles. The van der Waals surface area contributed by atoms with Crippen molar-refractivity contribution < 1.29 is 0 Å². The van der Waals surface area contributed by atoms with Crippen LogP contribution in [0.4, 0.5) is 10.1 Å². The van der Waals surface area contributed by atoms with Crippen molar-refractivity contribution in [3.63, 3.8) is 0 Å². The molecule has 0 aromatic carbocycles. The first-order valence-corrected chi connectivity index (χ1v) is 5.07. The molecule has 4 heteroatoms. The zero-order chi connectivity index (χ0) is 8.55. The Morgan fingerprint density at radius 2 is 2.08 bits per heavy atom. The van der Waals surface area contributed by atoms with Crippen molar-refractivity contribution in [2.24, 2.45) is 0 Å². The number of aromatic nitrogens is 1. The lowest BCUT2D eigenvalue weighted by Crippen LogP contribution is -2.17. The zero-order valence-electron chi connectivity index (χ0n) is 7.21. The Morgan fingerprint density at radius 3 is 2.58 bits per heavy atom. The summed E-state index contributed by atoms with van der Waals surface area (Å²) in [5.74, 6) is 0. The quantitative estimate of drug-likeness (QED) is 0.719. The molecule has 0 spiro atoms. The summed E-state index contributed by atoms with van der Waals surface area (Å²) in [5, 5.41) is 1.96. The molecular weight excluding hydrogens is 170 g/mol. The fourth-order valence-corrected chi connectivity index (χ4v) is 2.32. The molecule has 0 radical (unpaired) electrons. The van der Waals surface area contributed by atoms with Crippen LogP contribution >= 0.6 is 11.3 Å². The highest BCUT2D eigenvalue weighted by molar-refractivity contribution is 7.19. The largest absolute Gasteiger partial charge is 0.389 e. The SMILES string of the molecule is Cc1nc(N2CCCC2)sc1N. The molecule has 1 saturated heterocycles. The molecule has 1 aliphatic heterocycles. The maximum atomic E-state index is 5.74. The van der Waals surface area contributed by atoms with E-state index < -0.39 is 0 Å². The van der Waals surface area contributed by atoms with Crippen LogP contribution in [0.2, 0.25) is 0 Å². The Kier molecular flexibility index (Phi) is 1.92. The van der Waals surface area contributed by atoms with E-state index in [4.69, 9.17) is 5.73 Å². The number of nitrogens with zero attached hydrogens (tertiary/aromatic N) is 2. The third-order valence-electron chi connectivity index (χ3n) is 2.20. The second-order valence-corrected chi connectivity index (χ2v) is 4.15. The van der Waals surface area contributed by atoms with E-state index in [1.807, 2.05) is 6.92 Å². The van der Waals surface area contributed by atoms with Gasteiger partial charge in [0.15, 0.2) is 5.13 Å². The van der Waals surface area contributed by atoms with Gasteiger partial charge in [-0.2, -0.15) is 0 Å². The highest BCUT2D eigenvalue weighted by Gasteiger charge is 2.16. The number of nitrogens with two attached hydrogens (primary N) is 1. The van der Waals surface area contributed by atoms with Gasteiger partial charge in [-0.1, -0.05) is 11.3 Å². The van der Waals surface area contributed by atoms with Crippen LogP contribution in [0.3, 0.4) is 0 Å². The van der Waals surface area contributed by atoms with Gasteiger partial charge in [0.1, 0.15) is 5.00 Å². The number of rotatable bonds is 1. The molecule has 0 atom stereocenters. The zero-order valence-corrected chi connectivity index (χ0v) is 8.02. The minimum Gasteiger partial charge on any atom is -0.389 e.